The molecule has 0 saturated heterocycles. The van der Waals surface area contributed by atoms with Crippen molar-refractivity contribution in [2.24, 2.45) is 11.3 Å². The minimum absolute atomic E-state index is 0.00452. The molecule has 13 heavy (non-hydrogen) atoms. The van der Waals surface area contributed by atoms with Crippen LogP contribution in [-0.4, -0.2) is 11.2 Å². The lowest BCUT2D eigenvalue weighted by atomic mass is 9.76. The second-order valence-electron chi connectivity index (χ2n) is 4.87. The van der Waals surface area contributed by atoms with Crippen molar-refractivity contribution in [3.8, 4) is 0 Å². The summed E-state index contributed by atoms with van der Waals surface area (Å²) in [5.41, 5.74) is 0.508. The molecule has 0 aromatic rings. The molecule has 1 nitrogen and oxygen atoms in total. The Balaban J connectivity index is 2.04. The Hall–Kier alpha value is -0.300. The molecule has 0 aromatic carbocycles. The first-order valence-corrected chi connectivity index (χ1v) is 5.56. The van der Waals surface area contributed by atoms with Gasteiger partial charge in [0.05, 0.1) is 6.10 Å². The topological polar surface area (TPSA) is 20.2 Å². The monoisotopic (exact) mass is 180 g/mol. The largest absolute Gasteiger partial charge is 0.393 e. The summed E-state index contributed by atoms with van der Waals surface area (Å²) >= 11 is 0. The van der Waals surface area contributed by atoms with Gasteiger partial charge in [0, 0.05) is 0 Å². The molecule has 2 saturated carbocycles. The first-order valence-electron chi connectivity index (χ1n) is 5.56. The zero-order valence-corrected chi connectivity index (χ0v) is 8.34. The van der Waals surface area contributed by atoms with Crippen molar-refractivity contribution in [3.63, 3.8) is 0 Å². The SMILES string of the molecule is C=CCC[C@]12CCC[C@H]1CC(O)C2. The van der Waals surface area contributed by atoms with Crippen LogP contribution >= 0.6 is 0 Å². The molecule has 2 aliphatic rings. The molecule has 0 spiro atoms. The maximum Gasteiger partial charge on any atom is 0.0548 e. The van der Waals surface area contributed by atoms with Crippen LogP contribution in [0.1, 0.15) is 44.9 Å². The van der Waals surface area contributed by atoms with Crippen LogP contribution in [0.25, 0.3) is 0 Å². The van der Waals surface area contributed by atoms with Crippen LogP contribution in [0.2, 0.25) is 0 Å². The maximum atomic E-state index is 9.67. The van der Waals surface area contributed by atoms with E-state index in [1.165, 1.54) is 25.7 Å². The molecule has 1 heteroatoms. The van der Waals surface area contributed by atoms with Crippen molar-refractivity contribution < 1.29 is 5.11 Å². The zero-order valence-electron chi connectivity index (χ0n) is 8.34. The van der Waals surface area contributed by atoms with Gasteiger partial charge in [-0.15, -0.1) is 6.58 Å². The molecular weight excluding hydrogens is 160 g/mol. The summed E-state index contributed by atoms with van der Waals surface area (Å²) < 4.78 is 0. The number of allylic oxidation sites excluding steroid dienone is 1. The van der Waals surface area contributed by atoms with E-state index in [-0.39, 0.29) is 6.10 Å². The first-order chi connectivity index (χ1) is 6.27. The summed E-state index contributed by atoms with van der Waals surface area (Å²) in [6.45, 7) is 3.79. The van der Waals surface area contributed by atoms with E-state index in [4.69, 9.17) is 0 Å². The number of rotatable bonds is 3. The van der Waals surface area contributed by atoms with Crippen molar-refractivity contribution in [1.82, 2.24) is 0 Å². The van der Waals surface area contributed by atoms with Gasteiger partial charge in [-0.2, -0.15) is 0 Å². The van der Waals surface area contributed by atoms with Gasteiger partial charge in [0.2, 0.25) is 0 Å². The zero-order chi connectivity index (χ0) is 9.31. The quantitative estimate of drug-likeness (QED) is 0.662. The number of hydrogen-bond donors (Lipinski definition) is 1. The third-order valence-electron chi connectivity index (χ3n) is 4.14. The minimum Gasteiger partial charge on any atom is -0.393 e. The van der Waals surface area contributed by atoms with Crippen molar-refractivity contribution in [2.45, 2.75) is 51.0 Å². The lowest BCUT2D eigenvalue weighted by molar-refractivity contribution is 0.152. The molecule has 3 atom stereocenters. The normalized spacial score (nSPS) is 43.5. The highest BCUT2D eigenvalue weighted by Crippen LogP contribution is 2.56. The predicted octanol–water partition coefficient (Wildman–Crippen LogP) is 2.89. The molecule has 0 aromatic heterocycles. The molecule has 0 amide bonds. The molecule has 0 radical (unpaired) electrons. The summed E-state index contributed by atoms with van der Waals surface area (Å²) in [5, 5.41) is 9.67. The molecule has 74 valence electrons. The van der Waals surface area contributed by atoms with E-state index in [9.17, 15) is 5.11 Å². The van der Waals surface area contributed by atoms with Gasteiger partial charge in [0.1, 0.15) is 0 Å². The van der Waals surface area contributed by atoms with Crippen molar-refractivity contribution in [3.05, 3.63) is 12.7 Å². The summed E-state index contributed by atoms with van der Waals surface area (Å²) in [7, 11) is 0. The Bertz CT molecular complexity index is 199. The summed E-state index contributed by atoms with van der Waals surface area (Å²) in [6, 6.07) is 0. The second-order valence-corrected chi connectivity index (χ2v) is 4.87. The lowest BCUT2D eigenvalue weighted by Gasteiger charge is -2.28. The highest BCUT2D eigenvalue weighted by Gasteiger charge is 2.48. The summed E-state index contributed by atoms with van der Waals surface area (Å²) in [5.74, 6) is 0.822. The average Bonchev–Trinajstić information content (AvgIpc) is 2.57. The third-order valence-corrected chi connectivity index (χ3v) is 4.14. The van der Waals surface area contributed by atoms with Gasteiger partial charge in [-0.3, -0.25) is 0 Å². The summed E-state index contributed by atoms with van der Waals surface area (Å²) in [6.07, 6.45) is 10.6. The molecule has 0 bridgehead atoms. The van der Waals surface area contributed by atoms with E-state index in [0.29, 0.717) is 5.41 Å². The Morgan fingerprint density at radius 1 is 1.54 bits per heavy atom. The Labute approximate surface area is 80.8 Å². The standard InChI is InChI=1S/C12H20O/c1-2-3-6-12-7-4-5-10(12)8-11(13)9-12/h2,10-11,13H,1,3-9H2/t10-,11?,12+/m0/s1. The molecule has 0 aliphatic heterocycles. The fraction of sp³-hybridized carbons (Fsp3) is 0.833. The maximum absolute atomic E-state index is 9.67. The fourth-order valence-electron chi connectivity index (χ4n) is 3.55. The third kappa shape index (κ3) is 1.54. The van der Waals surface area contributed by atoms with E-state index in [2.05, 4.69) is 6.58 Å². The Morgan fingerprint density at radius 2 is 2.38 bits per heavy atom. The van der Waals surface area contributed by atoms with Crippen LogP contribution in [-0.2, 0) is 0 Å². The Kier molecular flexibility index (Phi) is 2.46. The van der Waals surface area contributed by atoms with Crippen LogP contribution in [0.3, 0.4) is 0 Å². The number of aliphatic hydroxyl groups is 1. The van der Waals surface area contributed by atoms with Gasteiger partial charge in [-0.05, 0) is 49.9 Å². The van der Waals surface area contributed by atoms with Gasteiger partial charge in [-0.25, -0.2) is 0 Å². The van der Waals surface area contributed by atoms with Crippen LogP contribution in [0, 0.1) is 11.3 Å². The molecule has 2 rings (SSSR count). The Morgan fingerprint density at radius 3 is 3.15 bits per heavy atom. The van der Waals surface area contributed by atoms with E-state index >= 15 is 0 Å². The van der Waals surface area contributed by atoms with Crippen molar-refractivity contribution in [1.29, 1.82) is 0 Å². The van der Waals surface area contributed by atoms with Crippen LogP contribution in [0.5, 0.6) is 0 Å². The van der Waals surface area contributed by atoms with Crippen molar-refractivity contribution in [2.75, 3.05) is 0 Å². The smallest absolute Gasteiger partial charge is 0.0548 e. The van der Waals surface area contributed by atoms with Crippen molar-refractivity contribution >= 4 is 0 Å². The van der Waals surface area contributed by atoms with E-state index in [0.717, 1.165) is 25.2 Å². The molecule has 1 unspecified atom stereocenters. The molecular formula is C12H20O. The number of aliphatic hydroxyl groups excluding tert-OH is 1. The number of hydrogen-bond acceptors (Lipinski definition) is 1. The van der Waals surface area contributed by atoms with Gasteiger partial charge in [-0.1, -0.05) is 12.5 Å². The van der Waals surface area contributed by atoms with E-state index in [1.54, 1.807) is 0 Å². The van der Waals surface area contributed by atoms with Crippen LogP contribution in [0.15, 0.2) is 12.7 Å². The van der Waals surface area contributed by atoms with E-state index < -0.39 is 0 Å². The predicted molar refractivity (Wildman–Crippen MR) is 54.4 cm³/mol. The molecule has 2 fully saturated rings. The van der Waals surface area contributed by atoms with E-state index in [1.807, 2.05) is 6.08 Å². The molecule has 1 N–H and O–H groups in total. The molecule has 0 heterocycles. The minimum atomic E-state index is -0.00452. The van der Waals surface area contributed by atoms with Crippen LogP contribution in [0.4, 0.5) is 0 Å². The van der Waals surface area contributed by atoms with Gasteiger partial charge in [0.25, 0.3) is 0 Å². The van der Waals surface area contributed by atoms with Crippen LogP contribution < -0.4 is 0 Å². The highest BCUT2D eigenvalue weighted by molar-refractivity contribution is 5.00. The second kappa shape index (κ2) is 3.45. The first kappa shape index (κ1) is 9.26. The lowest BCUT2D eigenvalue weighted by Crippen LogP contribution is -2.19. The number of fused-ring (bicyclic) bond motifs is 1. The highest BCUT2D eigenvalue weighted by atomic mass is 16.3. The van der Waals surface area contributed by atoms with Gasteiger partial charge >= 0.3 is 0 Å². The summed E-state index contributed by atoms with van der Waals surface area (Å²) in [4.78, 5) is 0. The average molecular weight is 180 g/mol. The molecule has 2 aliphatic carbocycles. The fourth-order valence-corrected chi connectivity index (χ4v) is 3.55. The van der Waals surface area contributed by atoms with Gasteiger partial charge in [0.15, 0.2) is 0 Å². The van der Waals surface area contributed by atoms with Gasteiger partial charge < -0.3 is 5.11 Å².